The molecular weight excluding hydrogens is 298 g/mol. The summed E-state index contributed by atoms with van der Waals surface area (Å²) in [6.07, 6.45) is 0.741. The lowest BCUT2D eigenvalue weighted by molar-refractivity contribution is 0.251. The van der Waals surface area contributed by atoms with Gasteiger partial charge >= 0.3 is 6.03 Å². The van der Waals surface area contributed by atoms with Crippen molar-refractivity contribution in [2.45, 2.75) is 19.9 Å². The number of nitrogens with one attached hydrogen (secondary N) is 2. The summed E-state index contributed by atoms with van der Waals surface area (Å²) >= 11 is 0. The van der Waals surface area contributed by atoms with Crippen molar-refractivity contribution >= 4 is 12.0 Å². The van der Waals surface area contributed by atoms with Crippen molar-refractivity contribution in [3.63, 3.8) is 0 Å². The number of aromatic nitrogens is 3. The highest BCUT2D eigenvalue weighted by Crippen LogP contribution is 2.27. The minimum Gasteiger partial charge on any atom is -0.496 e. The number of benzene rings is 1. The molecule has 0 radical (unpaired) electrons. The van der Waals surface area contributed by atoms with Crippen LogP contribution < -0.4 is 20.1 Å². The molecule has 0 spiro atoms. The van der Waals surface area contributed by atoms with Crippen LogP contribution in [0.25, 0.3) is 0 Å². The Morgan fingerprint density at radius 1 is 1.26 bits per heavy atom. The predicted molar refractivity (Wildman–Crippen MR) is 85.8 cm³/mol. The highest BCUT2D eigenvalue weighted by Gasteiger charge is 2.13. The Bertz CT molecular complexity index is 661. The third-order valence-electron chi connectivity index (χ3n) is 3.35. The molecule has 1 aromatic heterocycles. The highest BCUT2D eigenvalue weighted by atomic mass is 16.5. The molecule has 0 bridgehead atoms. The van der Waals surface area contributed by atoms with Crippen LogP contribution in [0, 0.1) is 0 Å². The van der Waals surface area contributed by atoms with Crippen LogP contribution in [-0.2, 0) is 20.0 Å². The van der Waals surface area contributed by atoms with E-state index in [9.17, 15) is 4.79 Å². The van der Waals surface area contributed by atoms with Gasteiger partial charge in [0.2, 0.25) is 5.95 Å². The van der Waals surface area contributed by atoms with Crippen molar-refractivity contribution in [1.82, 2.24) is 20.1 Å². The van der Waals surface area contributed by atoms with Crippen molar-refractivity contribution in [2.75, 3.05) is 19.5 Å². The lowest BCUT2D eigenvalue weighted by Gasteiger charge is -2.13. The van der Waals surface area contributed by atoms with Crippen molar-refractivity contribution in [1.29, 1.82) is 0 Å². The Kier molecular flexibility index (Phi) is 5.40. The van der Waals surface area contributed by atoms with Crippen molar-refractivity contribution < 1.29 is 14.3 Å². The summed E-state index contributed by atoms with van der Waals surface area (Å²) in [6.45, 7) is 2.23. The van der Waals surface area contributed by atoms with Gasteiger partial charge in [0.05, 0.1) is 26.3 Å². The average Bonchev–Trinajstić information content (AvgIpc) is 2.91. The number of carbonyl (C=O) groups excluding carboxylic acids is 1. The molecule has 8 heteroatoms. The minimum atomic E-state index is -0.397. The topological polar surface area (TPSA) is 90.3 Å². The maximum absolute atomic E-state index is 12.0. The number of methoxy groups -OCH3 is 2. The van der Waals surface area contributed by atoms with E-state index < -0.39 is 6.03 Å². The normalized spacial score (nSPS) is 10.3. The molecule has 124 valence electrons. The van der Waals surface area contributed by atoms with Crippen LogP contribution in [0.15, 0.2) is 18.2 Å². The van der Waals surface area contributed by atoms with E-state index in [-0.39, 0.29) is 12.5 Å². The van der Waals surface area contributed by atoms with Gasteiger partial charge in [-0.05, 0) is 12.1 Å². The molecule has 2 N–H and O–H groups in total. The number of carbonyl (C=O) groups is 1. The maximum atomic E-state index is 12.0. The molecule has 0 unspecified atom stereocenters. The third kappa shape index (κ3) is 3.91. The van der Waals surface area contributed by atoms with E-state index in [1.165, 1.54) is 0 Å². The Morgan fingerprint density at radius 3 is 2.43 bits per heavy atom. The summed E-state index contributed by atoms with van der Waals surface area (Å²) in [4.78, 5) is 16.2. The molecule has 0 aliphatic carbocycles. The van der Waals surface area contributed by atoms with Crippen LogP contribution in [0.2, 0.25) is 0 Å². The maximum Gasteiger partial charge on any atom is 0.321 e. The second kappa shape index (κ2) is 7.48. The van der Waals surface area contributed by atoms with E-state index in [2.05, 4.69) is 20.7 Å². The average molecular weight is 319 g/mol. The van der Waals surface area contributed by atoms with Crippen LogP contribution in [0.1, 0.15) is 18.3 Å². The minimum absolute atomic E-state index is 0.256. The van der Waals surface area contributed by atoms with E-state index in [0.29, 0.717) is 11.5 Å². The van der Waals surface area contributed by atoms with E-state index in [1.807, 2.05) is 25.1 Å². The lowest BCUT2D eigenvalue weighted by atomic mass is 10.1. The molecule has 2 rings (SSSR count). The number of anilines is 1. The smallest absolute Gasteiger partial charge is 0.321 e. The number of rotatable bonds is 6. The Morgan fingerprint density at radius 2 is 1.91 bits per heavy atom. The van der Waals surface area contributed by atoms with E-state index in [0.717, 1.165) is 17.8 Å². The monoisotopic (exact) mass is 319 g/mol. The molecule has 0 aliphatic heterocycles. The second-order valence-electron chi connectivity index (χ2n) is 4.78. The summed E-state index contributed by atoms with van der Waals surface area (Å²) in [7, 11) is 4.93. The molecule has 0 saturated carbocycles. The zero-order chi connectivity index (χ0) is 16.8. The van der Waals surface area contributed by atoms with Gasteiger partial charge in [-0.25, -0.2) is 4.79 Å². The number of amides is 2. The van der Waals surface area contributed by atoms with Gasteiger partial charge in [0.25, 0.3) is 0 Å². The van der Waals surface area contributed by atoms with Gasteiger partial charge in [0.15, 0.2) is 0 Å². The zero-order valence-corrected chi connectivity index (χ0v) is 13.7. The van der Waals surface area contributed by atoms with Gasteiger partial charge in [0.1, 0.15) is 17.3 Å². The first-order valence-electron chi connectivity index (χ1n) is 7.23. The van der Waals surface area contributed by atoms with Gasteiger partial charge in [-0.3, -0.25) is 10.00 Å². The van der Waals surface area contributed by atoms with Crippen LogP contribution in [-0.4, -0.2) is 35.0 Å². The summed E-state index contributed by atoms with van der Waals surface area (Å²) in [6, 6.07) is 5.05. The van der Waals surface area contributed by atoms with Crippen LogP contribution in [0.3, 0.4) is 0 Å². The predicted octanol–water partition coefficient (Wildman–Crippen LogP) is 1.72. The molecule has 0 saturated heterocycles. The second-order valence-corrected chi connectivity index (χ2v) is 4.78. The zero-order valence-electron chi connectivity index (χ0n) is 13.7. The standard InChI is InChI=1S/C15H21N5O3/c1-5-13-17-14(19-20(13)2)18-15(21)16-9-10-11(22-3)7-6-8-12(10)23-4/h6-8H,5,9H2,1-4H3,(H2,16,18,19,21). The molecule has 8 nitrogen and oxygen atoms in total. The Labute approximate surface area is 134 Å². The SMILES string of the molecule is CCc1nc(NC(=O)NCc2c(OC)cccc2OC)nn1C. The molecule has 2 amide bonds. The van der Waals surface area contributed by atoms with Crippen molar-refractivity contribution in [2.24, 2.45) is 7.05 Å². The number of nitrogens with zero attached hydrogens (tertiary/aromatic N) is 3. The first-order chi connectivity index (χ1) is 11.1. The fourth-order valence-corrected chi connectivity index (χ4v) is 2.19. The van der Waals surface area contributed by atoms with Crippen molar-refractivity contribution in [3.8, 4) is 11.5 Å². The quantitative estimate of drug-likeness (QED) is 0.846. The van der Waals surface area contributed by atoms with Gasteiger partial charge in [-0.15, -0.1) is 5.10 Å². The van der Waals surface area contributed by atoms with Crippen LogP contribution in [0.5, 0.6) is 11.5 Å². The number of hydrogen-bond acceptors (Lipinski definition) is 5. The molecule has 1 heterocycles. The third-order valence-corrected chi connectivity index (χ3v) is 3.35. The fraction of sp³-hybridized carbons (Fsp3) is 0.400. The number of urea groups is 1. The summed E-state index contributed by atoms with van der Waals surface area (Å²) < 4.78 is 12.2. The molecule has 0 fully saturated rings. The Balaban J connectivity index is 2.01. The molecule has 2 aromatic rings. The summed E-state index contributed by atoms with van der Waals surface area (Å²) in [5.41, 5.74) is 0.760. The van der Waals surface area contributed by atoms with Gasteiger partial charge < -0.3 is 14.8 Å². The van der Waals surface area contributed by atoms with Gasteiger partial charge in [0, 0.05) is 13.5 Å². The van der Waals surface area contributed by atoms with Gasteiger partial charge in [-0.1, -0.05) is 13.0 Å². The lowest BCUT2D eigenvalue weighted by Crippen LogP contribution is -2.29. The molecule has 0 aliphatic rings. The summed E-state index contributed by atoms with van der Waals surface area (Å²) in [5.74, 6) is 2.36. The van der Waals surface area contributed by atoms with E-state index >= 15 is 0 Å². The molecule has 23 heavy (non-hydrogen) atoms. The van der Waals surface area contributed by atoms with Crippen molar-refractivity contribution in [3.05, 3.63) is 29.6 Å². The largest absolute Gasteiger partial charge is 0.496 e. The van der Waals surface area contributed by atoms with Crippen LogP contribution >= 0.6 is 0 Å². The van der Waals surface area contributed by atoms with Crippen LogP contribution in [0.4, 0.5) is 10.7 Å². The summed E-state index contributed by atoms with van der Waals surface area (Å²) in [5, 5.41) is 9.48. The first kappa shape index (κ1) is 16.6. The molecular formula is C15H21N5O3. The van der Waals surface area contributed by atoms with E-state index in [1.54, 1.807) is 25.9 Å². The molecule has 1 aromatic carbocycles. The fourth-order valence-electron chi connectivity index (χ4n) is 2.19. The number of ether oxygens (including phenoxy) is 2. The van der Waals surface area contributed by atoms with Gasteiger partial charge in [-0.2, -0.15) is 4.98 Å². The number of hydrogen-bond donors (Lipinski definition) is 2. The molecule has 0 atom stereocenters. The Hall–Kier alpha value is -2.77. The number of aryl methyl sites for hydroxylation is 2. The first-order valence-corrected chi connectivity index (χ1v) is 7.23. The highest BCUT2D eigenvalue weighted by molar-refractivity contribution is 5.87. The van der Waals surface area contributed by atoms with E-state index in [4.69, 9.17) is 9.47 Å².